The van der Waals surface area contributed by atoms with E-state index in [4.69, 9.17) is 4.74 Å². The molecule has 0 radical (unpaired) electrons. The lowest BCUT2D eigenvalue weighted by Gasteiger charge is -2.16. The van der Waals surface area contributed by atoms with Crippen LogP contribution in [-0.4, -0.2) is 44.3 Å². The van der Waals surface area contributed by atoms with Crippen molar-refractivity contribution in [1.82, 2.24) is 10.6 Å². The fourth-order valence-electron chi connectivity index (χ4n) is 2.08. The Morgan fingerprint density at radius 2 is 1.96 bits per heavy atom. The molecule has 1 aromatic carbocycles. The van der Waals surface area contributed by atoms with Crippen LogP contribution in [0.25, 0.3) is 0 Å². The van der Waals surface area contributed by atoms with Gasteiger partial charge in [-0.15, -0.1) is 24.0 Å². The number of ether oxygens (including phenoxy) is 1. The Hall–Kier alpha value is -0.840. The van der Waals surface area contributed by atoms with Crippen molar-refractivity contribution in [2.75, 3.05) is 32.2 Å². The number of aliphatic imine (C=N–C) groups is 1. The maximum atomic E-state index is 12.4. The van der Waals surface area contributed by atoms with Gasteiger partial charge in [0.2, 0.25) is 0 Å². The smallest absolute Gasteiger partial charge is 0.422 e. The lowest BCUT2D eigenvalue weighted by Crippen LogP contribution is -2.37. The van der Waals surface area contributed by atoms with Gasteiger partial charge in [-0.2, -0.15) is 24.9 Å². The molecule has 2 N–H and O–H groups in total. The van der Waals surface area contributed by atoms with Gasteiger partial charge in [0.15, 0.2) is 12.6 Å². The summed E-state index contributed by atoms with van der Waals surface area (Å²) >= 11 is 1.82. The van der Waals surface area contributed by atoms with Crippen LogP contribution >= 0.6 is 35.7 Å². The highest BCUT2D eigenvalue weighted by Crippen LogP contribution is 2.23. The molecule has 0 aliphatic heterocycles. The van der Waals surface area contributed by atoms with Crippen LogP contribution in [-0.2, 0) is 6.54 Å². The topological polar surface area (TPSA) is 45.7 Å². The number of aryl methyl sites for hydroxylation is 1. The largest absolute Gasteiger partial charge is 0.484 e. The van der Waals surface area contributed by atoms with Gasteiger partial charge in [0.05, 0.1) is 0 Å². The number of hydrogen-bond donors (Lipinski definition) is 2. The van der Waals surface area contributed by atoms with Gasteiger partial charge in [0, 0.05) is 25.7 Å². The van der Waals surface area contributed by atoms with Crippen molar-refractivity contribution < 1.29 is 17.9 Å². The number of thioether (sulfide) groups is 1. The SMILES string of the molecule is CN=C(NCCCCSC)NCc1ccc(C)cc1OCC(F)(F)F.I. The molecule has 0 bridgehead atoms. The molecule has 1 aromatic rings. The summed E-state index contributed by atoms with van der Waals surface area (Å²) in [4.78, 5) is 4.12. The Labute approximate surface area is 174 Å². The molecule has 0 unspecified atom stereocenters. The number of nitrogens with one attached hydrogen (secondary N) is 2. The summed E-state index contributed by atoms with van der Waals surface area (Å²) in [5.74, 6) is 1.98. The summed E-state index contributed by atoms with van der Waals surface area (Å²) in [5.41, 5.74) is 1.50. The zero-order valence-electron chi connectivity index (χ0n) is 15.3. The highest BCUT2D eigenvalue weighted by atomic mass is 127. The van der Waals surface area contributed by atoms with E-state index >= 15 is 0 Å². The molecule has 0 aliphatic carbocycles. The lowest BCUT2D eigenvalue weighted by atomic mass is 10.1. The fourth-order valence-corrected chi connectivity index (χ4v) is 2.57. The van der Waals surface area contributed by atoms with Crippen LogP contribution in [0.15, 0.2) is 23.2 Å². The normalized spacial score (nSPS) is 11.7. The van der Waals surface area contributed by atoms with Crippen molar-refractivity contribution in [3.05, 3.63) is 29.3 Å². The predicted octanol–water partition coefficient (Wildman–Crippen LogP) is 4.36. The van der Waals surface area contributed by atoms with E-state index in [1.54, 1.807) is 19.2 Å². The van der Waals surface area contributed by atoms with Crippen LogP contribution in [0.3, 0.4) is 0 Å². The van der Waals surface area contributed by atoms with Gasteiger partial charge < -0.3 is 15.4 Å². The number of hydrogen-bond acceptors (Lipinski definition) is 3. The van der Waals surface area contributed by atoms with E-state index in [1.807, 2.05) is 24.8 Å². The Balaban J connectivity index is 0.00000625. The van der Waals surface area contributed by atoms with Crippen LogP contribution in [0, 0.1) is 6.92 Å². The molecule has 4 nitrogen and oxygen atoms in total. The van der Waals surface area contributed by atoms with Crippen molar-refractivity contribution >= 4 is 41.7 Å². The first-order chi connectivity index (χ1) is 11.9. The second-order valence-electron chi connectivity index (χ2n) is 5.57. The van der Waals surface area contributed by atoms with E-state index in [-0.39, 0.29) is 29.7 Å². The molecular formula is C17H27F3IN3OS. The molecule has 9 heteroatoms. The monoisotopic (exact) mass is 505 g/mol. The first kappa shape index (κ1) is 25.2. The van der Waals surface area contributed by atoms with E-state index in [9.17, 15) is 13.2 Å². The quantitative estimate of drug-likeness (QED) is 0.227. The van der Waals surface area contributed by atoms with E-state index < -0.39 is 12.8 Å². The van der Waals surface area contributed by atoms with Gasteiger partial charge in [-0.05, 0) is 43.4 Å². The van der Waals surface area contributed by atoms with Crippen molar-refractivity contribution in [3.63, 3.8) is 0 Å². The summed E-state index contributed by atoms with van der Waals surface area (Å²) in [6.45, 7) is 1.64. The Kier molecular flexibility index (Phi) is 12.9. The standard InChI is InChI=1S/C17H26F3N3OS.HI/c1-13-6-7-14(15(10-13)24-12-17(18,19)20)11-23-16(21-2)22-8-4-5-9-25-3;/h6-7,10H,4-5,8-9,11-12H2,1-3H3,(H2,21,22,23);1H. The van der Waals surface area contributed by atoms with Crippen LogP contribution < -0.4 is 15.4 Å². The third-order valence-corrected chi connectivity index (χ3v) is 4.05. The van der Waals surface area contributed by atoms with Crippen LogP contribution in [0.4, 0.5) is 13.2 Å². The fraction of sp³-hybridized carbons (Fsp3) is 0.588. The molecule has 0 amide bonds. The number of benzene rings is 1. The Bertz CT molecular complexity index is 557. The number of nitrogens with zero attached hydrogens (tertiary/aromatic N) is 1. The minimum absolute atomic E-state index is 0. The second kappa shape index (κ2) is 13.3. The minimum Gasteiger partial charge on any atom is -0.484 e. The van der Waals surface area contributed by atoms with Gasteiger partial charge in [0.25, 0.3) is 0 Å². The van der Waals surface area contributed by atoms with E-state index in [2.05, 4.69) is 21.9 Å². The Morgan fingerprint density at radius 1 is 1.23 bits per heavy atom. The van der Waals surface area contributed by atoms with Crippen LogP contribution in [0.2, 0.25) is 0 Å². The number of alkyl halides is 3. The van der Waals surface area contributed by atoms with Gasteiger partial charge in [-0.1, -0.05) is 12.1 Å². The van der Waals surface area contributed by atoms with E-state index in [0.717, 1.165) is 30.7 Å². The first-order valence-corrected chi connectivity index (χ1v) is 9.47. The Morgan fingerprint density at radius 3 is 2.58 bits per heavy atom. The second-order valence-corrected chi connectivity index (χ2v) is 6.55. The molecule has 0 saturated carbocycles. The maximum Gasteiger partial charge on any atom is 0.422 e. The third-order valence-electron chi connectivity index (χ3n) is 3.35. The van der Waals surface area contributed by atoms with Crippen molar-refractivity contribution in [1.29, 1.82) is 0 Å². The summed E-state index contributed by atoms with van der Waals surface area (Å²) in [6.07, 6.45) is -0.124. The number of unbranched alkanes of at least 4 members (excludes halogenated alkanes) is 1. The number of guanidine groups is 1. The average molecular weight is 505 g/mol. The van der Waals surface area contributed by atoms with E-state index in [0.29, 0.717) is 18.1 Å². The highest BCUT2D eigenvalue weighted by Gasteiger charge is 2.28. The predicted molar refractivity (Wildman–Crippen MR) is 114 cm³/mol. The van der Waals surface area contributed by atoms with E-state index in [1.165, 1.54) is 0 Å². The van der Waals surface area contributed by atoms with Crippen LogP contribution in [0.5, 0.6) is 5.75 Å². The molecular weight excluding hydrogens is 478 g/mol. The highest BCUT2D eigenvalue weighted by molar-refractivity contribution is 14.0. The summed E-state index contributed by atoms with van der Waals surface area (Å²) in [7, 11) is 1.66. The summed E-state index contributed by atoms with van der Waals surface area (Å²) in [6, 6.07) is 5.22. The van der Waals surface area contributed by atoms with Crippen molar-refractivity contribution in [2.24, 2.45) is 4.99 Å². The summed E-state index contributed by atoms with van der Waals surface area (Å²) in [5, 5.41) is 6.30. The van der Waals surface area contributed by atoms with Gasteiger partial charge in [0.1, 0.15) is 5.75 Å². The molecule has 0 heterocycles. The third kappa shape index (κ3) is 11.0. The zero-order chi connectivity index (χ0) is 18.7. The molecule has 1 rings (SSSR count). The molecule has 0 saturated heterocycles. The van der Waals surface area contributed by atoms with Crippen molar-refractivity contribution in [2.45, 2.75) is 32.5 Å². The number of halogens is 4. The lowest BCUT2D eigenvalue weighted by molar-refractivity contribution is -0.153. The molecule has 26 heavy (non-hydrogen) atoms. The average Bonchev–Trinajstić information content (AvgIpc) is 2.56. The molecule has 0 aliphatic rings. The maximum absolute atomic E-state index is 12.4. The summed E-state index contributed by atoms with van der Waals surface area (Å²) < 4.78 is 42.1. The zero-order valence-corrected chi connectivity index (χ0v) is 18.4. The molecule has 0 aromatic heterocycles. The van der Waals surface area contributed by atoms with Crippen molar-refractivity contribution in [3.8, 4) is 5.75 Å². The van der Waals surface area contributed by atoms with Gasteiger partial charge in [-0.25, -0.2) is 0 Å². The number of rotatable bonds is 9. The molecule has 150 valence electrons. The molecule has 0 atom stereocenters. The molecule has 0 spiro atoms. The van der Waals surface area contributed by atoms with Gasteiger partial charge >= 0.3 is 6.18 Å². The first-order valence-electron chi connectivity index (χ1n) is 8.08. The minimum atomic E-state index is -4.36. The molecule has 0 fully saturated rings. The van der Waals surface area contributed by atoms with Gasteiger partial charge in [-0.3, -0.25) is 4.99 Å². The van der Waals surface area contributed by atoms with Crippen LogP contribution in [0.1, 0.15) is 24.0 Å².